The lowest BCUT2D eigenvalue weighted by molar-refractivity contribution is 0.473. The van der Waals surface area contributed by atoms with Gasteiger partial charge in [0.25, 0.3) is 0 Å². The lowest BCUT2D eigenvalue weighted by Crippen LogP contribution is -2.23. The van der Waals surface area contributed by atoms with Crippen LogP contribution in [0.15, 0.2) is 41.8 Å². The highest BCUT2D eigenvalue weighted by atomic mass is 32.1. The van der Waals surface area contributed by atoms with Crippen molar-refractivity contribution in [3.8, 4) is 0 Å². The van der Waals surface area contributed by atoms with Crippen LogP contribution in [-0.4, -0.2) is 7.05 Å². The summed E-state index contributed by atoms with van der Waals surface area (Å²) in [6.07, 6.45) is 1.15. The smallest absolute Gasteiger partial charge is 0.0484 e. The lowest BCUT2D eigenvalue weighted by atomic mass is 9.87. The first-order valence-electron chi connectivity index (χ1n) is 6.54. The van der Waals surface area contributed by atoms with Crippen molar-refractivity contribution in [2.24, 2.45) is 0 Å². The minimum atomic E-state index is 0.414. The molecule has 1 heterocycles. The molecule has 0 saturated heterocycles. The van der Waals surface area contributed by atoms with E-state index in [4.69, 9.17) is 0 Å². The van der Waals surface area contributed by atoms with E-state index in [2.05, 4.69) is 68.0 Å². The third-order valence-corrected chi connectivity index (χ3v) is 4.67. The molecule has 0 fully saturated rings. The molecular weight excluding hydrogens is 238 g/mol. The normalized spacial score (nSPS) is 14.4. The van der Waals surface area contributed by atoms with Gasteiger partial charge in [-0.25, -0.2) is 0 Å². The van der Waals surface area contributed by atoms with Crippen molar-refractivity contribution < 1.29 is 0 Å². The van der Waals surface area contributed by atoms with E-state index in [1.807, 2.05) is 11.3 Å². The van der Waals surface area contributed by atoms with Gasteiger partial charge in [0, 0.05) is 16.8 Å². The van der Waals surface area contributed by atoms with E-state index >= 15 is 0 Å². The molecule has 1 nitrogen and oxygen atoms in total. The van der Waals surface area contributed by atoms with Gasteiger partial charge in [-0.2, -0.15) is 0 Å². The topological polar surface area (TPSA) is 12.0 Å². The average molecular weight is 259 g/mol. The largest absolute Gasteiger partial charge is 0.312 e. The Morgan fingerprint density at radius 2 is 1.89 bits per heavy atom. The zero-order chi connectivity index (χ0) is 13.0. The molecule has 0 aliphatic heterocycles. The number of rotatable bonds is 5. The van der Waals surface area contributed by atoms with Crippen molar-refractivity contribution >= 4 is 11.3 Å². The van der Waals surface area contributed by atoms with Crippen LogP contribution in [0.1, 0.15) is 41.3 Å². The maximum absolute atomic E-state index is 3.51. The highest BCUT2D eigenvalue weighted by Gasteiger charge is 2.23. The Bertz CT molecular complexity index is 475. The summed E-state index contributed by atoms with van der Waals surface area (Å²) in [4.78, 5) is 1.47. The predicted octanol–water partition coefficient (Wildman–Crippen LogP) is 4.51. The van der Waals surface area contributed by atoms with Crippen molar-refractivity contribution in [1.29, 1.82) is 0 Å². The molecule has 96 valence electrons. The fourth-order valence-electron chi connectivity index (χ4n) is 2.58. The van der Waals surface area contributed by atoms with Crippen LogP contribution in [0.3, 0.4) is 0 Å². The monoisotopic (exact) mass is 259 g/mol. The number of hydrogen-bond acceptors (Lipinski definition) is 2. The first-order valence-corrected chi connectivity index (χ1v) is 7.42. The molecule has 0 radical (unpaired) electrons. The Labute approximate surface area is 114 Å². The van der Waals surface area contributed by atoms with Crippen molar-refractivity contribution in [3.63, 3.8) is 0 Å². The first-order chi connectivity index (χ1) is 8.77. The summed E-state index contributed by atoms with van der Waals surface area (Å²) in [5.74, 6) is 0.536. The van der Waals surface area contributed by atoms with E-state index in [1.54, 1.807) is 0 Å². The van der Waals surface area contributed by atoms with Gasteiger partial charge in [0.15, 0.2) is 0 Å². The SMILES string of the molecule is CCC(c1ccccc1)C(NC)c1sccc1C. The van der Waals surface area contributed by atoms with Gasteiger partial charge in [-0.3, -0.25) is 0 Å². The number of likely N-dealkylation sites (N-methyl/N-ethyl adjacent to an activating group) is 1. The molecule has 1 aromatic carbocycles. The Morgan fingerprint density at radius 3 is 2.39 bits per heavy atom. The number of aryl methyl sites for hydroxylation is 1. The molecule has 0 aliphatic carbocycles. The summed E-state index contributed by atoms with van der Waals surface area (Å²) < 4.78 is 0. The van der Waals surface area contributed by atoms with E-state index in [9.17, 15) is 0 Å². The van der Waals surface area contributed by atoms with E-state index < -0.39 is 0 Å². The third-order valence-electron chi connectivity index (χ3n) is 3.57. The Balaban J connectivity index is 2.34. The summed E-state index contributed by atoms with van der Waals surface area (Å²) in [7, 11) is 2.06. The zero-order valence-electron chi connectivity index (χ0n) is 11.3. The van der Waals surface area contributed by atoms with Crippen LogP contribution < -0.4 is 5.32 Å². The molecule has 2 unspecified atom stereocenters. The number of benzene rings is 1. The second kappa shape index (κ2) is 6.17. The standard InChI is InChI=1S/C16H21NS/c1-4-14(13-8-6-5-7-9-13)15(17-3)16-12(2)10-11-18-16/h5-11,14-15,17H,4H2,1-3H3. The third kappa shape index (κ3) is 2.65. The maximum atomic E-state index is 3.51. The lowest BCUT2D eigenvalue weighted by Gasteiger charge is -2.26. The van der Waals surface area contributed by atoms with Crippen LogP contribution >= 0.6 is 11.3 Å². The van der Waals surface area contributed by atoms with Crippen LogP contribution in [0.5, 0.6) is 0 Å². The molecule has 0 saturated carbocycles. The summed E-state index contributed by atoms with van der Waals surface area (Å²) in [5, 5.41) is 5.69. The quantitative estimate of drug-likeness (QED) is 0.833. The van der Waals surface area contributed by atoms with Crippen molar-refractivity contribution in [2.75, 3.05) is 7.05 Å². The number of nitrogens with one attached hydrogen (secondary N) is 1. The molecular formula is C16H21NS. The number of hydrogen-bond donors (Lipinski definition) is 1. The van der Waals surface area contributed by atoms with Gasteiger partial charge < -0.3 is 5.32 Å². The van der Waals surface area contributed by atoms with Crippen molar-refractivity contribution in [3.05, 3.63) is 57.8 Å². The first kappa shape index (κ1) is 13.3. The molecule has 18 heavy (non-hydrogen) atoms. The molecule has 0 spiro atoms. The molecule has 2 heteroatoms. The molecule has 1 aromatic heterocycles. The maximum Gasteiger partial charge on any atom is 0.0484 e. The van der Waals surface area contributed by atoms with Crippen molar-refractivity contribution in [1.82, 2.24) is 5.32 Å². The van der Waals surface area contributed by atoms with Gasteiger partial charge >= 0.3 is 0 Å². The van der Waals surface area contributed by atoms with Crippen LogP contribution in [-0.2, 0) is 0 Å². The highest BCUT2D eigenvalue weighted by Crippen LogP contribution is 2.37. The van der Waals surface area contributed by atoms with Gasteiger partial charge in [-0.15, -0.1) is 11.3 Å². The van der Waals surface area contributed by atoms with E-state index in [0.29, 0.717) is 12.0 Å². The Morgan fingerprint density at radius 1 is 1.17 bits per heavy atom. The number of thiophene rings is 1. The Kier molecular flexibility index (Phi) is 4.56. The van der Waals surface area contributed by atoms with Crippen LogP contribution in [0.4, 0.5) is 0 Å². The highest BCUT2D eigenvalue weighted by molar-refractivity contribution is 7.10. The second-order valence-electron chi connectivity index (χ2n) is 4.66. The van der Waals surface area contributed by atoms with Crippen LogP contribution in [0.2, 0.25) is 0 Å². The van der Waals surface area contributed by atoms with Gasteiger partial charge in [0.05, 0.1) is 0 Å². The summed E-state index contributed by atoms with van der Waals surface area (Å²) >= 11 is 1.86. The molecule has 0 bridgehead atoms. The molecule has 2 rings (SSSR count). The molecule has 0 amide bonds. The molecule has 1 N–H and O–H groups in total. The summed E-state index contributed by atoms with van der Waals surface area (Å²) in [6.45, 7) is 4.47. The van der Waals surface area contributed by atoms with E-state index in [1.165, 1.54) is 16.0 Å². The summed E-state index contributed by atoms with van der Waals surface area (Å²) in [5.41, 5.74) is 2.82. The van der Waals surface area contributed by atoms with Crippen LogP contribution in [0, 0.1) is 6.92 Å². The summed E-state index contributed by atoms with van der Waals surface area (Å²) in [6, 6.07) is 13.4. The van der Waals surface area contributed by atoms with Gasteiger partial charge in [-0.05, 0) is 43.0 Å². The minimum Gasteiger partial charge on any atom is -0.312 e. The minimum absolute atomic E-state index is 0.414. The van der Waals surface area contributed by atoms with E-state index in [-0.39, 0.29) is 0 Å². The van der Waals surface area contributed by atoms with E-state index in [0.717, 1.165) is 6.42 Å². The second-order valence-corrected chi connectivity index (χ2v) is 5.61. The average Bonchev–Trinajstić information content (AvgIpc) is 2.83. The molecule has 0 aliphatic rings. The zero-order valence-corrected chi connectivity index (χ0v) is 12.1. The fraction of sp³-hybridized carbons (Fsp3) is 0.375. The Hall–Kier alpha value is -1.12. The fourth-order valence-corrected chi connectivity index (χ4v) is 3.68. The molecule has 2 aromatic rings. The van der Waals surface area contributed by atoms with Gasteiger partial charge in [0.2, 0.25) is 0 Å². The van der Waals surface area contributed by atoms with Crippen LogP contribution in [0.25, 0.3) is 0 Å². The van der Waals surface area contributed by atoms with Gasteiger partial charge in [0.1, 0.15) is 0 Å². The predicted molar refractivity (Wildman–Crippen MR) is 80.3 cm³/mol. The molecule has 2 atom stereocenters. The van der Waals surface area contributed by atoms with Gasteiger partial charge in [-0.1, -0.05) is 37.3 Å². The van der Waals surface area contributed by atoms with Crippen molar-refractivity contribution in [2.45, 2.75) is 32.2 Å².